The summed E-state index contributed by atoms with van der Waals surface area (Å²) in [6.07, 6.45) is 4.70. The van der Waals surface area contributed by atoms with Crippen molar-refractivity contribution >= 4 is 26.6 Å². The van der Waals surface area contributed by atoms with E-state index in [2.05, 4.69) is 57.4 Å². The van der Waals surface area contributed by atoms with Crippen LogP contribution in [-0.2, 0) is 0 Å². The summed E-state index contributed by atoms with van der Waals surface area (Å²) in [4.78, 5) is 11.5. The van der Waals surface area contributed by atoms with Crippen molar-refractivity contribution in [3.05, 3.63) is 24.3 Å². The fourth-order valence-electron chi connectivity index (χ4n) is 2.50. The molecule has 4 nitrogen and oxygen atoms in total. The second-order valence-electron chi connectivity index (χ2n) is 7.89. The molecule has 0 bridgehead atoms. The SMILES string of the molecule is CN1C=NC(C)(CC=Nc2ccccc2O[Si](C)(C)C)C1(C)C. The third kappa shape index (κ3) is 3.83. The van der Waals surface area contributed by atoms with E-state index in [9.17, 15) is 0 Å². The molecule has 0 aromatic heterocycles. The van der Waals surface area contributed by atoms with Gasteiger partial charge < -0.3 is 9.33 Å². The van der Waals surface area contributed by atoms with Gasteiger partial charge in [-0.1, -0.05) is 12.1 Å². The minimum atomic E-state index is -1.65. The van der Waals surface area contributed by atoms with Crippen LogP contribution in [0.5, 0.6) is 5.75 Å². The normalized spacial score (nSPS) is 23.7. The zero-order chi connectivity index (χ0) is 17.3. The lowest BCUT2D eigenvalue weighted by molar-refractivity contribution is 0.180. The van der Waals surface area contributed by atoms with Crippen LogP contribution in [0.15, 0.2) is 34.3 Å². The van der Waals surface area contributed by atoms with Gasteiger partial charge >= 0.3 is 0 Å². The number of likely N-dealkylation sites (N-methyl/N-ethyl adjacent to an activating group) is 1. The molecule has 0 aliphatic carbocycles. The van der Waals surface area contributed by atoms with E-state index in [0.29, 0.717) is 0 Å². The maximum atomic E-state index is 6.13. The van der Waals surface area contributed by atoms with Gasteiger partial charge in [-0.2, -0.15) is 0 Å². The molecular formula is C18H29N3OSi. The topological polar surface area (TPSA) is 37.2 Å². The summed E-state index contributed by atoms with van der Waals surface area (Å²) in [5, 5.41) is 0. The lowest BCUT2D eigenvalue weighted by Crippen LogP contribution is -2.51. The highest BCUT2D eigenvalue weighted by Gasteiger charge is 2.46. The van der Waals surface area contributed by atoms with Crippen LogP contribution in [0.25, 0.3) is 0 Å². The average molecular weight is 332 g/mol. The van der Waals surface area contributed by atoms with Crippen LogP contribution in [0.2, 0.25) is 19.6 Å². The third-order valence-corrected chi connectivity index (χ3v) is 5.55. The summed E-state index contributed by atoms with van der Waals surface area (Å²) < 4.78 is 6.13. The first-order valence-electron chi connectivity index (χ1n) is 8.14. The molecule has 23 heavy (non-hydrogen) atoms. The lowest BCUT2D eigenvalue weighted by atomic mass is 9.79. The highest BCUT2D eigenvalue weighted by atomic mass is 28.4. The predicted molar refractivity (Wildman–Crippen MR) is 102 cm³/mol. The van der Waals surface area contributed by atoms with Crippen LogP contribution in [-0.4, -0.2) is 43.9 Å². The molecule has 0 N–H and O–H groups in total. The van der Waals surface area contributed by atoms with E-state index in [0.717, 1.165) is 17.9 Å². The highest BCUT2D eigenvalue weighted by Crippen LogP contribution is 2.37. The van der Waals surface area contributed by atoms with Crippen LogP contribution in [0, 0.1) is 0 Å². The second kappa shape index (κ2) is 6.11. The maximum Gasteiger partial charge on any atom is 0.242 e. The van der Waals surface area contributed by atoms with Gasteiger partial charge in [0.25, 0.3) is 0 Å². The fourth-order valence-corrected chi connectivity index (χ4v) is 3.33. The number of nitrogens with zero attached hydrogens (tertiary/aromatic N) is 3. The van der Waals surface area contributed by atoms with Gasteiger partial charge in [-0.15, -0.1) is 0 Å². The zero-order valence-corrected chi connectivity index (χ0v) is 16.4. The molecule has 0 spiro atoms. The molecule has 1 aliphatic rings. The molecule has 5 heteroatoms. The smallest absolute Gasteiger partial charge is 0.242 e. The molecule has 0 radical (unpaired) electrons. The Morgan fingerprint density at radius 1 is 1.22 bits per heavy atom. The molecule has 1 aromatic carbocycles. The fraction of sp³-hybridized carbons (Fsp3) is 0.556. The van der Waals surface area contributed by atoms with Gasteiger partial charge in [-0.05, 0) is 52.5 Å². The Labute approximate surface area is 141 Å². The van der Waals surface area contributed by atoms with E-state index in [1.54, 1.807) is 0 Å². The number of hydrogen-bond donors (Lipinski definition) is 0. The van der Waals surface area contributed by atoms with Crippen LogP contribution >= 0.6 is 0 Å². The van der Waals surface area contributed by atoms with E-state index in [1.807, 2.05) is 36.8 Å². The molecule has 2 rings (SSSR count). The van der Waals surface area contributed by atoms with Crippen LogP contribution < -0.4 is 4.43 Å². The molecule has 0 saturated carbocycles. The molecule has 1 atom stereocenters. The van der Waals surface area contributed by atoms with E-state index >= 15 is 0 Å². The Kier molecular flexibility index (Phi) is 4.71. The van der Waals surface area contributed by atoms with E-state index in [4.69, 9.17) is 9.42 Å². The Balaban J connectivity index is 2.15. The highest BCUT2D eigenvalue weighted by molar-refractivity contribution is 6.70. The average Bonchev–Trinajstić information content (AvgIpc) is 2.63. The zero-order valence-electron chi connectivity index (χ0n) is 15.4. The van der Waals surface area contributed by atoms with Crippen molar-refractivity contribution in [3.63, 3.8) is 0 Å². The van der Waals surface area contributed by atoms with E-state index in [-0.39, 0.29) is 11.1 Å². The molecule has 1 aromatic rings. The minimum absolute atomic E-state index is 0.0205. The minimum Gasteiger partial charge on any atom is -0.543 e. The standard InChI is InChI=1S/C18H29N3OSi/c1-17(2)18(3,20-14-21(17)4)12-13-19-15-10-8-9-11-16(15)22-23(5,6)7/h8-11,13-14H,12H2,1-7H3. The predicted octanol–water partition coefficient (Wildman–Crippen LogP) is 4.50. The van der Waals surface area contributed by atoms with Crippen molar-refractivity contribution in [2.24, 2.45) is 9.98 Å². The number of benzene rings is 1. The number of para-hydroxylation sites is 2. The van der Waals surface area contributed by atoms with E-state index < -0.39 is 8.32 Å². The van der Waals surface area contributed by atoms with Crippen molar-refractivity contribution in [3.8, 4) is 5.75 Å². The summed E-state index contributed by atoms with van der Waals surface area (Å²) >= 11 is 0. The van der Waals surface area contributed by atoms with Gasteiger partial charge in [0.15, 0.2) is 0 Å². The van der Waals surface area contributed by atoms with Gasteiger partial charge in [-0.25, -0.2) is 0 Å². The number of rotatable bonds is 5. The Morgan fingerprint density at radius 2 is 1.87 bits per heavy atom. The number of hydrogen-bond acceptors (Lipinski definition) is 4. The first-order chi connectivity index (χ1) is 10.6. The summed E-state index contributed by atoms with van der Waals surface area (Å²) in [5.41, 5.74) is 0.708. The second-order valence-corrected chi connectivity index (χ2v) is 12.3. The van der Waals surface area contributed by atoms with Gasteiger partial charge in [0, 0.05) is 19.7 Å². The summed E-state index contributed by atoms with van der Waals surface area (Å²) in [7, 11) is 0.427. The molecule has 1 heterocycles. The monoisotopic (exact) mass is 331 g/mol. The molecule has 0 fully saturated rings. The lowest BCUT2D eigenvalue weighted by Gasteiger charge is -2.40. The van der Waals surface area contributed by atoms with Gasteiger partial charge in [-0.3, -0.25) is 9.98 Å². The molecule has 1 unspecified atom stereocenters. The number of aliphatic imine (C=N–C) groups is 2. The Morgan fingerprint density at radius 3 is 2.43 bits per heavy atom. The van der Waals surface area contributed by atoms with Gasteiger partial charge in [0.1, 0.15) is 11.4 Å². The molecule has 1 aliphatic heterocycles. The molecule has 126 valence electrons. The van der Waals surface area contributed by atoms with Gasteiger partial charge in [0.2, 0.25) is 8.32 Å². The van der Waals surface area contributed by atoms with Crippen molar-refractivity contribution in [2.75, 3.05) is 7.05 Å². The third-order valence-electron chi connectivity index (χ3n) is 4.72. The molecule has 0 saturated heterocycles. The van der Waals surface area contributed by atoms with Crippen molar-refractivity contribution in [1.29, 1.82) is 0 Å². The van der Waals surface area contributed by atoms with Crippen molar-refractivity contribution < 1.29 is 4.43 Å². The van der Waals surface area contributed by atoms with Crippen molar-refractivity contribution in [1.82, 2.24) is 4.90 Å². The Bertz CT molecular complexity index is 619. The largest absolute Gasteiger partial charge is 0.543 e. The Hall–Kier alpha value is -1.62. The summed E-state index contributed by atoms with van der Waals surface area (Å²) in [6, 6.07) is 7.99. The summed E-state index contributed by atoms with van der Waals surface area (Å²) in [5.74, 6) is 0.874. The van der Waals surface area contributed by atoms with Crippen molar-refractivity contribution in [2.45, 2.75) is 57.9 Å². The quantitative estimate of drug-likeness (QED) is 0.588. The van der Waals surface area contributed by atoms with Crippen LogP contribution in [0.4, 0.5) is 5.69 Å². The molecular weight excluding hydrogens is 302 g/mol. The van der Waals surface area contributed by atoms with E-state index in [1.165, 1.54) is 0 Å². The molecule has 0 amide bonds. The first-order valence-corrected chi connectivity index (χ1v) is 11.5. The summed E-state index contributed by atoms with van der Waals surface area (Å²) in [6.45, 7) is 13.2. The van der Waals surface area contributed by atoms with Crippen LogP contribution in [0.1, 0.15) is 27.2 Å². The first kappa shape index (κ1) is 17.7. The van der Waals surface area contributed by atoms with Crippen LogP contribution in [0.3, 0.4) is 0 Å². The maximum absolute atomic E-state index is 6.13. The van der Waals surface area contributed by atoms with Gasteiger partial charge in [0.05, 0.1) is 17.4 Å².